The van der Waals surface area contributed by atoms with Crippen LogP contribution in [0.25, 0.3) is 0 Å². The van der Waals surface area contributed by atoms with Crippen molar-refractivity contribution in [2.45, 2.75) is 70.9 Å². The summed E-state index contributed by atoms with van der Waals surface area (Å²) in [6.45, 7) is 5.75. The molecule has 1 aliphatic heterocycles. The van der Waals surface area contributed by atoms with Crippen LogP contribution in [-0.4, -0.2) is 29.9 Å². The Morgan fingerprint density at radius 3 is 2.42 bits per heavy atom. The first-order valence-electron chi connectivity index (χ1n) is 9.83. The molecule has 1 aliphatic carbocycles. The van der Waals surface area contributed by atoms with E-state index in [9.17, 15) is 4.79 Å². The van der Waals surface area contributed by atoms with Crippen molar-refractivity contribution in [2.75, 3.05) is 13.1 Å². The van der Waals surface area contributed by atoms with E-state index in [0.717, 1.165) is 30.9 Å². The number of carbonyl (C=O) groups is 1. The molecule has 3 heteroatoms. The number of nitrogens with zero attached hydrogens (tertiary/aromatic N) is 1. The van der Waals surface area contributed by atoms with Gasteiger partial charge in [0.15, 0.2) is 0 Å². The highest BCUT2D eigenvalue weighted by molar-refractivity contribution is 5.94. The second-order valence-corrected chi connectivity index (χ2v) is 7.84. The van der Waals surface area contributed by atoms with Crippen LogP contribution in [0.15, 0.2) is 24.3 Å². The van der Waals surface area contributed by atoms with Crippen LogP contribution >= 0.6 is 0 Å². The Kier molecular flexibility index (Phi) is 6.30. The summed E-state index contributed by atoms with van der Waals surface area (Å²) >= 11 is 0. The van der Waals surface area contributed by atoms with Gasteiger partial charge in [-0.2, -0.15) is 0 Å². The van der Waals surface area contributed by atoms with E-state index in [1.165, 1.54) is 57.2 Å². The maximum absolute atomic E-state index is 12.4. The average molecular weight is 329 g/mol. The lowest BCUT2D eigenvalue weighted by molar-refractivity contribution is 0.0933. The molecular formula is C21H32N2O. The van der Waals surface area contributed by atoms with Crippen LogP contribution in [0.3, 0.4) is 0 Å². The van der Waals surface area contributed by atoms with Gasteiger partial charge in [0.2, 0.25) is 0 Å². The Labute approximate surface area is 146 Å². The molecule has 2 aliphatic rings. The molecule has 0 spiro atoms. The third-order valence-corrected chi connectivity index (χ3v) is 5.55. The van der Waals surface area contributed by atoms with E-state index in [1.807, 2.05) is 12.1 Å². The third kappa shape index (κ3) is 5.07. The quantitative estimate of drug-likeness (QED) is 0.832. The fourth-order valence-corrected chi connectivity index (χ4v) is 4.14. The lowest BCUT2D eigenvalue weighted by atomic mass is 9.99. The van der Waals surface area contributed by atoms with E-state index in [2.05, 4.69) is 29.3 Å². The molecule has 1 saturated heterocycles. The van der Waals surface area contributed by atoms with Crippen molar-refractivity contribution in [3.8, 4) is 0 Å². The monoisotopic (exact) mass is 328 g/mol. The molecule has 0 bridgehead atoms. The Hall–Kier alpha value is -1.35. The number of likely N-dealkylation sites (tertiary alicyclic amines) is 1. The molecule has 3 rings (SSSR count). The summed E-state index contributed by atoms with van der Waals surface area (Å²) in [6.07, 6.45) is 10.1. The highest BCUT2D eigenvalue weighted by atomic mass is 16.1. The molecular weight excluding hydrogens is 296 g/mol. The summed E-state index contributed by atoms with van der Waals surface area (Å²) in [5, 5.41) is 3.23. The van der Waals surface area contributed by atoms with Gasteiger partial charge in [-0.3, -0.25) is 9.69 Å². The van der Waals surface area contributed by atoms with Crippen LogP contribution < -0.4 is 5.32 Å². The average Bonchev–Trinajstić information content (AvgIpc) is 2.84. The lowest BCUT2D eigenvalue weighted by Gasteiger charge is -2.30. The van der Waals surface area contributed by atoms with E-state index in [1.54, 1.807) is 0 Å². The van der Waals surface area contributed by atoms with Crippen LogP contribution in [0, 0.1) is 5.92 Å². The molecule has 0 radical (unpaired) electrons. The van der Waals surface area contributed by atoms with Crippen molar-refractivity contribution in [3.63, 3.8) is 0 Å². The van der Waals surface area contributed by atoms with Crippen molar-refractivity contribution >= 4 is 5.91 Å². The first-order chi connectivity index (χ1) is 11.7. The molecule has 3 nitrogen and oxygen atoms in total. The SMILES string of the molecule is C[C@@H]1CCCN(Cc2ccc(C(=O)NC3CCCCCC3)cc2)C1. The molecule has 132 valence electrons. The minimum atomic E-state index is 0.0973. The molecule has 1 heterocycles. The number of piperidine rings is 1. The van der Waals surface area contributed by atoms with Gasteiger partial charge in [-0.1, -0.05) is 44.7 Å². The van der Waals surface area contributed by atoms with Crippen molar-refractivity contribution in [1.82, 2.24) is 10.2 Å². The normalized spacial score (nSPS) is 23.6. The second kappa shape index (κ2) is 8.66. The fraction of sp³-hybridized carbons (Fsp3) is 0.667. The zero-order valence-electron chi connectivity index (χ0n) is 15.1. The van der Waals surface area contributed by atoms with Gasteiger partial charge in [-0.05, 0) is 55.8 Å². The summed E-state index contributed by atoms with van der Waals surface area (Å²) in [7, 11) is 0. The van der Waals surface area contributed by atoms with Gasteiger partial charge in [-0.15, -0.1) is 0 Å². The molecule has 2 fully saturated rings. The first kappa shape index (κ1) is 17.5. The van der Waals surface area contributed by atoms with Gasteiger partial charge in [-0.25, -0.2) is 0 Å². The summed E-state index contributed by atoms with van der Waals surface area (Å²) in [5.41, 5.74) is 2.12. The largest absolute Gasteiger partial charge is 0.349 e. The predicted molar refractivity (Wildman–Crippen MR) is 99.1 cm³/mol. The number of hydrogen-bond acceptors (Lipinski definition) is 2. The maximum atomic E-state index is 12.4. The first-order valence-corrected chi connectivity index (χ1v) is 9.83. The standard InChI is InChI=1S/C21H32N2O/c1-17-7-6-14-23(15-17)16-18-10-12-19(13-11-18)21(24)22-20-8-4-2-3-5-9-20/h10-13,17,20H,2-9,14-16H2,1H3,(H,22,24)/t17-/m1/s1. The van der Waals surface area contributed by atoms with E-state index in [4.69, 9.17) is 0 Å². The molecule has 1 aromatic rings. The molecule has 24 heavy (non-hydrogen) atoms. The van der Waals surface area contributed by atoms with E-state index in [0.29, 0.717) is 6.04 Å². The topological polar surface area (TPSA) is 32.3 Å². The van der Waals surface area contributed by atoms with E-state index < -0.39 is 0 Å². The minimum absolute atomic E-state index is 0.0973. The molecule has 1 N–H and O–H groups in total. The Balaban J connectivity index is 1.52. The smallest absolute Gasteiger partial charge is 0.251 e. The van der Waals surface area contributed by atoms with Gasteiger partial charge >= 0.3 is 0 Å². The Morgan fingerprint density at radius 2 is 1.75 bits per heavy atom. The third-order valence-electron chi connectivity index (χ3n) is 5.55. The summed E-state index contributed by atoms with van der Waals surface area (Å²) in [6, 6.07) is 8.61. The van der Waals surface area contributed by atoms with Gasteiger partial charge < -0.3 is 5.32 Å². The molecule has 1 atom stereocenters. The lowest BCUT2D eigenvalue weighted by Crippen LogP contribution is -2.34. The predicted octanol–water partition coefficient (Wildman–Crippen LogP) is 4.37. The number of benzene rings is 1. The number of rotatable bonds is 4. The van der Waals surface area contributed by atoms with Crippen LogP contribution in [0.5, 0.6) is 0 Å². The van der Waals surface area contributed by atoms with Crippen LogP contribution in [0.4, 0.5) is 0 Å². The molecule has 0 aromatic heterocycles. The van der Waals surface area contributed by atoms with Crippen molar-refractivity contribution < 1.29 is 4.79 Å². The Bertz CT molecular complexity index is 517. The maximum Gasteiger partial charge on any atom is 0.251 e. The fourth-order valence-electron chi connectivity index (χ4n) is 4.14. The van der Waals surface area contributed by atoms with E-state index >= 15 is 0 Å². The van der Waals surface area contributed by atoms with Crippen LogP contribution in [0.2, 0.25) is 0 Å². The highest BCUT2D eigenvalue weighted by Gasteiger charge is 2.17. The number of nitrogens with one attached hydrogen (secondary N) is 1. The van der Waals surface area contributed by atoms with Crippen molar-refractivity contribution in [2.24, 2.45) is 5.92 Å². The number of hydrogen-bond donors (Lipinski definition) is 1. The zero-order chi connectivity index (χ0) is 16.8. The van der Waals surface area contributed by atoms with Gasteiger partial charge in [0.05, 0.1) is 0 Å². The summed E-state index contributed by atoms with van der Waals surface area (Å²) in [4.78, 5) is 15.0. The Morgan fingerprint density at radius 1 is 1.04 bits per heavy atom. The summed E-state index contributed by atoms with van der Waals surface area (Å²) in [5.74, 6) is 0.906. The molecule has 1 aromatic carbocycles. The molecule has 0 unspecified atom stereocenters. The zero-order valence-corrected chi connectivity index (χ0v) is 15.1. The van der Waals surface area contributed by atoms with E-state index in [-0.39, 0.29) is 5.91 Å². The molecule has 1 amide bonds. The van der Waals surface area contributed by atoms with Crippen molar-refractivity contribution in [1.29, 1.82) is 0 Å². The second-order valence-electron chi connectivity index (χ2n) is 7.84. The molecule has 1 saturated carbocycles. The number of amides is 1. The van der Waals surface area contributed by atoms with Crippen molar-refractivity contribution in [3.05, 3.63) is 35.4 Å². The number of carbonyl (C=O) groups excluding carboxylic acids is 1. The van der Waals surface area contributed by atoms with Gasteiger partial charge in [0.25, 0.3) is 5.91 Å². The minimum Gasteiger partial charge on any atom is -0.349 e. The van der Waals surface area contributed by atoms with Crippen LogP contribution in [-0.2, 0) is 6.54 Å². The van der Waals surface area contributed by atoms with Crippen LogP contribution in [0.1, 0.15) is 74.2 Å². The highest BCUT2D eigenvalue weighted by Crippen LogP contribution is 2.19. The van der Waals surface area contributed by atoms with Gasteiger partial charge in [0.1, 0.15) is 0 Å². The summed E-state index contributed by atoms with van der Waals surface area (Å²) < 4.78 is 0. The van der Waals surface area contributed by atoms with Gasteiger partial charge in [0, 0.05) is 24.7 Å².